The van der Waals surface area contributed by atoms with Gasteiger partial charge in [-0.05, 0) is 30.3 Å². The minimum Gasteiger partial charge on any atom is -0.324 e. The summed E-state index contributed by atoms with van der Waals surface area (Å²) in [5.74, 6) is -1.24. The summed E-state index contributed by atoms with van der Waals surface area (Å²) in [6.45, 7) is -0.176. The number of imide groups is 1. The van der Waals surface area contributed by atoms with Crippen LogP contribution in [0.3, 0.4) is 0 Å². The Balaban J connectivity index is 1.50. The molecule has 9 heteroatoms. The molecule has 2 heterocycles. The molecular formula is C18H14BrN5O3. The van der Waals surface area contributed by atoms with Crippen molar-refractivity contribution in [2.45, 2.75) is 12.1 Å². The zero-order valence-electron chi connectivity index (χ0n) is 13.9. The summed E-state index contributed by atoms with van der Waals surface area (Å²) in [6.07, 6.45) is 0. The van der Waals surface area contributed by atoms with Gasteiger partial charge in [-0.15, -0.1) is 0 Å². The van der Waals surface area contributed by atoms with E-state index in [1.807, 2.05) is 6.07 Å². The summed E-state index contributed by atoms with van der Waals surface area (Å²) in [5, 5.41) is 11.8. The molecule has 0 unspecified atom stereocenters. The third-order valence-electron chi connectivity index (χ3n) is 4.29. The van der Waals surface area contributed by atoms with E-state index in [-0.39, 0.29) is 12.5 Å². The molecule has 2 atom stereocenters. The molecule has 1 N–H and O–H groups in total. The molecule has 4 rings (SSSR count). The maximum Gasteiger partial charge on any atom is 0.263 e. The van der Waals surface area contributed by atoms with Crippen molar-refractivity contribution in [1.29, 1.82) is 0 Å². The Morgan fingerprint density at radius 3 is 2.59 bits per heavy atom. The summed E-state index contributed by atoms with van der Waals surface area (Å²) in [6, 6.07) is 14.0. The van der Waals surface area contributed by atoms with Crippen molar-refractivity contribution in [2.24, 2.45) is 10.3 Å². The number of carbonyl (C=O) groups is 3. The van der Waals surface area contributed by atoms with Gasteiger partial charge in [-0.2, -0.15) is 5.11 Å². The maximum atomic E-state index is 12.9. The van der Waals surface area contributed by atoms with Crippen LogP contribution in [0.15, 0.2) is 69.4 Å². The molecule has 2 aliphatic rings. The number of para-hydroxylation sites is 1. The van der Waals surface area contributed by atoms with Gasteiger partial charge in [-0.3, -0.25) is 19.4 Å². The van der Waals surface area contributed by atoms with Gasteiger partial charge >= 0.3 is 0 Å². The van der Waals surface area contributed by atoms with E-state index >= 15 is 0 Å². The van der Waals surface area contributed by atoms with Gasteiger partial charge in [0.25, 0.3) is 11.8 Å². The first-order valence-corrected chi connectivity index (χ1v) is 8.99. The molecule has 0 saturated carbocycles. The summed E-state index contributed by atoms with van der Waals surface area (Å²) in [4.78, 5) is 38.9. The van der Waals surface area contributed by atoms with Crippen LogP contribution < -0.4 is 10.2 Å². The summed E-state index contributed by atoms with van der Waals surface area (Å²) < 4.78 is 0.749. The summed E-state index contributed by atoms with van der Waals surface area (Å²) >= 11 is 3.33. The lowest BCUT2D eigenvalue weighted by Gasteiger charge is -2.20. The quantitative estimate of drug-likeness (QED) is 0.757. The molecule has 2 aromatic rings. The third kappa shape index (κ3) is 3.21. The van der Waals surface area contributed by atoms with E-state index < -0.39 is 23.9 Å². The first-order valence-electron chi connectivity index (χ1n) is 8.20. The van der Waals surface area contributed by atoms with Crippen LogP contribution in [0.5, 0.6) is 0 Å². The minimum atomic E-state index is -0.930. The molecule has 0 radical (unpaired) electrons. The van der Waals surface area contributed by atoms with Crippen LogP contribution in [0.1, 0.15) is 0 Å². The smallest absolute Gasteiger partial charge is 0.263 e. The van der Waals surface area contributed by atoms with Crippen molar-refractivity contribution in [1.82, 2.24) is 5.01 Å². The van der Waals surface area contributed by atoms with Crippen LogP contribution in [0, 0.1) is 0 Å². The van der Waals surface area contributed by atoms with Gasteiger partial charge in [0.1, 0.15) is 6.54 Å². The number of carbonyl (C=O) groups excluding carboxylic acids is 3. The number of amides is 3. The van der Waals surface area contributed by atoms with E-state index in [2.05, 4.69) is 31.6 Å². The first-order chi connectivity index (χ1) is 13.0. The van der Waals surface area contributed by atoms with Crippen LogP contribution in [0.25, 0.3) is 0 Å². The van der Waals surface area contributed by atoms with Crippen molar-refractivity contribution in [3.63, 3.8) is 0 Å². The van der Waals surface area contributed by atoms with Crippen LogP contribution in [-0.4, -0.2) is 41.4 Å². The normalized spacial score (nSPS) is 20.9. The van der Waals surface area contributed by atoms with Gasteiger partial charge in [0.05, 0.1) is 5.69 Å². The SMILES string of the molecule is O=C(CN1N=N[C@@H]2C(=O)N(c3cccc(Br)c3)C(=O)[C@H]21)Nc1ccccc1. The van der Waals surface area contributed by atoms with Crippen molar-refractivity contribution in [2.75, 3.05) is 16.8 Å². The number of hydrogen-bond acceptors (Lipinski definition) is 6. The molecule has 2 aliphatic heterocycles. The average molecular weight is 428 g/mol. The Labute approximate surface area is 163 Å². The Kier molecular flexibility index (Phi) is 4.44. The fourth-order valence-electron chi connectivity index (χ4n) is 3.09. The van der Waals surface area contributed by atoms with Crippen LogP contribution in [0.2, 0.25) is 0 Å². The van der Waals surface area contributed by atoms with E-state index in [0.29, 0.717) is 11.4 Å². The predicted molar refractivity (Wildman–Crippen MR) is 101 cm³/mol. The predicted octanol–water partition coefficient (Wildman–Crippen LogP) is 2.38. The topological polar surface area (TPSA) is 94.4 Å². The van der Waals surface area contributed by atoms with Gasteiger partial charge < -0.3 is 5.32 Å². The zero-order chi connectivity index (χ0) is 19.0. The number of fused-ring (bicyclic) bond motifs is 1. The van der Waals surface area contributed by atoms with Crippen molar-refractivity contribution < 1.29 is 14.4 Å². The molecule has 0 bridgehead atoms. The van der Waals surface area contributed by atoms with Gasteiger partial charge in [0, 0.05) is 10.2 Å². The highest BCUT2D eigenvalue weighted by molar-refractivity contribution is 9.10. The molecule has 3 amide bonds. The number of hydrogen-bond donors (Lipinski definition) is 1. The number of halogens is 1. The van der Waals surface area contributed by atoms with Crippen LogP contribution in [0.4, 0.5) is 11.4 Å². The molecular weight excluding hydrogens is 414 g/mol. The zero-order valence-corrected chi connectivity index (χ0v) is 15.5. The fourth-order valence-corrected chi connectivity index (χ4v) is 3.48. The molecule has 0 aromatic heterocycles. The number of nitrogens with one attached hydrogen (secondary N) is 1. The lowest BCUT2D eigenvalue weighted by atomic mass is 10.1. The number of nitrogens with zero attached hydrogens (tertiary/aromatic N) is 4. The number of rotatable bonds is 4. The van der Waals surface area contributed by atoms with E-state index in [9.17, 15) is 14.4 Å². The van der Waals surface area contributed by atoms with E-state index in [4.69, 9.17) is 0 Å². The largest absolute Gasteiger partial charge is 0.324 e. The standard InChI is InChI=1S/C18H14BrN5O3/c19-11-5-4-8-13(9-11)24-17(26)15-16(18(24)27)23(22-21-15)10-14(25)20-12-6-2-1-3-7-12/h1-9,15-16H,10H2,(H,20,25)/t15-,16-/m0/s1. The van der Waals surface area contributed by atoms with Crippen molar-refractivity contribution in [3.05, 3.63) is 59.1 Å². The molecule has 136 valence electrons. The fraction of sp³-hybridized carbons (Fsp3) is 0.167. The number of anilines is 2. The Hall–Kier alpha value is -3.07. The van der Waals surface area contributed by atoms with E-state index in [0.717, 1.165) is 9.37 Å². The van der Waals surface area contributed by atoms with E-state index in [1.54, 1.807) is 48.5 Å². The van der Waals surface area contributed by atoms with Gasteiger partial charge in [0.2, 0.25) is 5.91 Å². The molecule has 0 spiro atoms. The second kappa shape index (κ2) is 6.92. The second-order valence-electron chi connectivity index (χ2n) is 6.10. The molecule has 27 heavy (non-hydrogen) atoms. The summed E-state index contributed by atoms with van der Waals surface area (Å²) in [7, 11) is 0. The first kappa shape index (κ1) is 17.3. The Morgan fingerprint density at radius 1 is 1.07 bits per heavy atom. The number of benzene rings is 2. The van der Waals surface area contributed by atoms with Crippen molar-refractivity contribution >= 4 is 45.0 Å². The van der Waals surface area contributed by atoms with E-state index in [1.165, 1.54) is 5.01 Å². The molecule has 1 fully saturated rings. The van der Waals surface area contributed by atoms with Crippen molar-refractivity contribution in [3.8, 4) is 0 Å². The average Bonchev–Trinajstić information content (AvgIpc) is 3.16. The lowest BCUT2D eigenvalue weighted by Crippen LogP contribution is -2.43. The third-order valence-corrected chi connectivity index (χ3v) is 4.78. The van der Waals surface area contributed by atoms with Gasteiger partial charge in [-0.25, -0.2) is 4.90 Å². The highest BCUT2D eigenvalue weighted by Gasteiger charge is 2.55. The van der Waals surface area contributed by atoms with Crippen LogP contribution >= 0.6 is 15.9 Å². The molecule has 8 nitrogen and oxygen atoms in total. The highest BCUT2D eigenvalue weighted by Crippen LogP contribution is 2.32. The van der Waals surface area contributed by atoms with Gasteiger partial charge in [0.15, 0.2) is 12.1 Å². The lowest BCUT2D eigenvalue weighted by molar-refractivity contribution is -0.123. The van der Waals surface area contributed by atoms with Crippen LogP contribution in [-0.2, 0) is 14.4 Å². The minimum absolute atomic E-state index is 0.176. The molecule has 1 saturated heterocycles. The maximum absolute atomic E-state index is 12.9. The second-order valence-corrected chi connectivity index (χ2v) is 7.01. The van der Waals surface area contributed by atoms with Gasteiger partial charge in [-0.1, -0.05) is 45.4 Å². The molecule has 2 aromatic carbocycles. The highest BCUT2D eigenvalue weighted by atomic mass is 79.9. The Morgan fingerprint density at radius 2 is 1.85 bits per heavy atom. The monoisotopic (exact) mass is 427 g/mol. The Bertz CT molecular complexity index is 949. The summed E-state index contributed by atoms with van der Waals surface area (Å²) in [5.41, 5.74) is 1.09. The molecule has 0 aliphatic carbocycles.